The second-order valence-electron chi connectivity index (χ2n) is 2.91. The van der Waals surface area contributed by atoms with Crippen LogP contribution in [0.15, 0.2) is 40.6 Å². The number of hydrogen-bond donors (Lipinski definition) is 1. The predicted molar refractivity (Wildman–Crippen MR) is 54.6 cm³/mol. The minimum atomic E-state index is -3.38. The number of hydrogen-bond acceptors (Lipinski definition) is 3. The molecule has 0 aliphatic heterocycles. The number of aryl methyl sites for hydroxylation is 1. The van der Waals surface area contributed by atoms with Crippen molar-refractivity contribution in [2.75, 3.05) is 6.61 Å². The Labute approximate surface area is 83.6 Å². The van der Waals surface area contributed by atoms with Crippen LogP contribution in [0.25, 0.3) is 0 Å². The zero-order chi connectivity index (χ0) is 10.6. The van der Waals surface area contributed by atoms with Gasteiger partial charge in [-0.25, -0.2) is 8.42 Å². The fraction of sp³-hybridized carbons (Fsp3) is 0.200. The van der Waals surface area contributed by atoms with Crippen LogP contribution in [-0.2, 0) is 9.84 Å². The maximum absolute atomic E-state index is 11.5. The minimum absolute atomic E-state index is 0.243. The quantitative estimate of drug-likeness (QED) is 0.821. The van der Waals surface area contributed by atoms with Gasteiger partial charge in [0.2, 0.25) is 0 Å². The Balaban J connectivity index is 3.05. The molecule has 0 radical (unpaired) electrons. The molecule has 0 aliphatic carbocycles. The summed E-state index contributed by atoms with van der Waals surface area (Å²) < 4.78 is 23.0. The second kappa shape index (κ2) is 4.39. The summed E-state index contributed by atoms with van der Waals surface area (Å²) >= 11 is 0. The summed E-state index contributed by atoms with van der Waals surface area (Å²) in [4.78, 5) is 0.243. The lowest BCUT2D eigenvalue weighted by Gasteiger charge is -1.98. The number of rotatable bonds is 3. The lowest BCUT2D eigenvalue weighted by Crippen LogP contribution is -1.96. The SMILES string of the molecule is Cc1ccc(S(=O)(=O)/C=C\CO)cc1. The van der Waals surface area contributed by atoms with E-state index < -0.39 is 9.84 Å². The Morgan fingerprint density at radius 2 is 1.86 bits per heavy atom. The first kappa shape index (κ1) is 10.9. The second-order valence-corrected chi connectivity index (χ2v) is 4.75. The maximum Gasteiger partial charge on any atom is 0.199 e. The zero-order valence-electron chi connectivity index (χ0n) is 7.84. The number of sulfone groups is 1. The Morgan fingerprint density at radius 1 is 1.29 bits per heavy atom. The maximum atomic E-state index is 11.5. The summed E-state index contributed by atoms with van der Waals surface area (Å²) in [5, 5.41) is 9.48. The molecule has 0 spiro atoms. The van der Waals surface area contributed by atoms with Gasteiger partial charge in [-0.1, -0.05) is 17.7 Å². The molecule has 0 bridgehead atoms. The largest absolute Gasteiger partial charge is 0.392 e. The van der Waals surface area contributed by atoms with Crippen molar-refractivity contribution in [3.63, 3.8) is 0 Å². The van der Waals surface area contributed by atoms with Crippen molar-refractivity contribution in [1.29, 1.82) is 0 Å². The Kier molecular flexibility index (Phi) is 3.43. The summed E-state index contributed by atoms with van der Waals surface area (Å²) in [5.74, 6) is 0. The summed E-state index contributed by atoms with van der Waals surface area (Å²) in [6.07, 6.45) is 1.20. The van der Waals surface area contributed by atoms with Crippen LogP contribution < -0.4 is 0 Å². The van der Waals surface area contributed by atoms with E-state index in [2.05, 4.69) is 0 Å². The Bertz CT molecular complexity index is 415. The first-order chi connectivity index (χ1) is 6.56. The van der Waals surface area contributed by atoms with Gasteiger partial charge in [0.15, 0.2) is 9.84 Å². The molecule has 76 valence electrons. The van der Waals surface area contributed by atoms with Gasteiger partial charge >= 0.3 is 0 Å². The molecule has 0 aliphatic rings. The van der Waals surface area contributed by atoms with E-state index in [-0.39, 0.29) is 11.5 Å². The van der Waals surface area contributed by atoms with Gasteiger partial charge in [0, 0.05) is 5.41 Å². The van der Waals surface area contributed by atoms with Crippen LogP contribution in [0.5, 0.6) is 0 Å². The van der Waals surface area contributed by atoms with Crippen LogP contribution in [-0.4, -0.2) is 20.1 Å². The molecule has 0 atom stereocenters. The average molecular weight is 212 g/mol. The van der Waals surface area contributed by atoms with Gasteiger partial charge in [0.25, 0.3) is 0 Å². The number of benzene rings is 1. The van der Waals surface area contributed by atoms with Crippen LogP contribution in [0.3, 0.4) is 0 Å². The zero-order valence-corrected chi connectivity index (χ0v) is 8.66. The highest BCUT2D eigenvalue weighted by Gasteiger charge is 2.08. The molecule has 3 nitrogen and oxygen atoms in total. The lowest BCUT2D eigenvalue weighted by molar-refractivity contribution is 0.343. The van der Waals surface area contributed by atoms with Crippen molar-refractivity contribution in [3.8, 4) is 0 Å². The van der Waals surface area contributed by atoms with Crippen LogP contribution in [0.1, 0.15) is 5.56 Å². The molecule has 14 heavy (non-hydrogen) atoms. The standard InChI is InChI=1S/C10H12O3S/c1-9-3-5-10(6-4-9)14(12,13)8-2-7-11/h2-6,8,11H,7H2,1H3/b8-2-. The van der Waals surface area contributed by atoms with E-state index in [0.29, 0.717) is 0 Å². The van der Waals surface area contributed by atoms with Gasteiger partial charge in [-0.15, -0.1) is 0 Å². The van der Waals surface area contributed by atoms with Crippen LogP contribution >= 0.6 is 0 Å². The highest BCUT2D eigenvalue weighted by molar-refractivity contribution is 7.94. The molecule has 1 aromatic carbocycles. The molecule has 0 unspecified atom stereocenters. The smallest absolute Gasteiger partial charge is 0.199 e. The van der Waals surface area contributed by atoms with E-state index in [4.69, 9.17) is 5.11 Å². The van der Waals surface area contributed by atoms with E-state index in [9.17, 15) is 8.42 Å². The lowest BCUT2D eigenvalue weighted by atomic mass is 10.2. The van der Waals surface area contributed by atoms with Gasteiger partial charge in [-0.3, -0.25) is 0 Å². The first-order valence-electron chi connectivity index (χ1n) is 4.15. The van der Waals surface area contributed by atoms with Gasteiger partial charge in [0.1, 0.15) is 0 Å². The summed E-state index contributed by atoms with van der Waals surface area (Å²) in [6.45, 7) is 1.62. The monoisotopic (exact) mass is 212 g/mol. The molecular weight excluding hydrogens is 200 g/mol. The highest BCUT2D eigenvalue weighted by Crippen LogP contribution is 2.12. The van der Waals surface area contributed by atoms with Gasteiger partial charge in [0.05, 0.1) is 11.5 Å². The summed E-state index contributed by atoms with van der Waals surface area (Å²) in [6, 6.07) is 6.57. The molecule has 1 rings (SSSR count). The summed E-state index contributed by atoms with van der Waals surface area (Å²) in [5.41, 5.74) is 1.01. The van der Waals surface area contributed by atoms with Crippen molar-refractivity contribution < 1.29 is 13.5 Å². The van der Waals surface area contributed by atoms with E-state index in [1.807, 2.05) is 6.92 Å². The molecule has 0 saturated carbocycles. The Morgan fingerprint density at radius 3 is 2.36 bits per heavy atom. The minimum Gasteiger partial charge on any atom is -0.392 e. The van der Waals surface area contributed by atoms with E-state index in [0.717, 1.165) is 11.0 Å². The molecule has 4 heteroatoms. The van der Waals surface area contributed by atoms with Crippen molar-refractivity contribution >= 4 is 9.84 Å². The van der Waals surface area contributed by atoms with Crippen molar-refractivity contribution in [3.05, 3.63) is 41.3 Å². The molecule has 0 heterocycles. The topological polar surface area (TPSA) is 54.4 Å². The van der Waals surface area contributed by atoms with Gasteiger partial charge in [-0.2, -0.15) is 0 Å². The molecule has 0 aromatic heterocycles. The van der Waals surface area contributed by atoms with Gasteiger partial charge in [-0.05, 0) is 25.1 Å². The van der Waals surface area contributed by atoms with Crippen molar-refractivity contribution in [2.45, 2.75) is 11.8 Å². The first-order valence-corrected chi connectivity index (χ1v) is 5.70. The van der Waals surface area contributed by atoms with Crippen LogP contribution in [0.4, 0.5) is 0 Å². The summed E-state index contributed by atoms with van der Waals surface area (Å²) in [7, 11) is -3.38. The third-order valence-electron chi connectivity index (χ3n) is 1.73. The van der Waals surface area contributed by atoms with E-state index >= 15 is 0 Å². The molecule has 1 aromatic rings. The molecule has 0 saturated heterocycles. The number of aliphatic hydroxyl groups is 1. The fourth-order valence-electron chi connectivity index (χ4n) is 0.976. The normalized spacial score (nSPS) is 12.1. The van der Waals surface area contributed by atoms with Crippen molar-refractivity contribution in [1.82, 2.24) is 0 Å². The third-order valence-corrected chi connectivity index (χ3v) is 3.21. The van der Waals surface area contributed by atoms with Crippen molar-refractivity contribution in [2.24, 2.45) is 0 Å². The van der Waals surface area contributed by atoms with Crippen LogP contribution in [0.2, 0.25) is 0 Å². The van der Waals surface area contributed by atoms with E-state index in [1.54, 1.807) is 24.3 Å². The molecule has 0 fully saturated rings. The predicted octanol–water partition coefficient (Wildman–Crippen LogP) is 1.27. The fourth-order valence-corrected chi connectivity index (χ4v) is 1.99. The third kappa shape index (κ3) is 2.68. The van der Waals surface area contributed by atoms with Crippen LogP contribution in [0, 0.1) is 6.92 Å². The molecule has 1 N–H and O–H groups in total. The van der Waals surface area contributed by atoms with E-state index in [1.165, 1.54) is 6.08 Å². The molecular formula is C10H12O3S. The highest BCUT2D eigenvalue weighted by atomic mass is 32.2. The Hall–Kier alpha value is -1.13. The van der Waals surface area contributed by atoms with Gasteiger partial charge < -0.3 is 5.11 Å². The average Bonchev–Trinajstić information content (AvgIpc) is 2.16. The molecule has 0 amide bonds. The number of aliphatic hydroxyl groups excluding tert-OH is 1.